The number of H-pyrrole nitrogens is 1. The second kappa shape index (κ2) is 6.44. The van der Waals surface area contributed by atoms with E-state index in [0.29, 0.717) is 36.7 Å². The number of nitrogens with zero attached hydrogens (tertiary/aromatic N) is 1. The van der Waals surface area contributed by atoms with Crippen LogP contribution in [-0.4, -0.2) is 22.7 Å². The first-order chi connectivity index (χ1) is 9.25. The predicted octanol–water partition coefficient (Wildman–Crippen LogP) is 1.79. The van der Waals surface area contributed by atoms with E-state index < -0.39 is 0 Å². The van der Waals surface area contributed by atoms with E-state index in [0.717, 1.165) is 0 Å². The van der Waals surface area contributed by atoms with Crippen LogP contribution in [0.1, 0.15) is 12.8 Å². The SMILES string of the molecule is Nc1ccccc1OCCCC(=O)Nc1ccn[nH]1. The van der Waals surface area contributed by atoms with Crippen LogP contribution in [0.5, 0.6) is 5.75 Å². The maximum atomic E-state index is 11.5. The summed E-state index contributed by atoms with van der Waals surface area (Å²) in [4.78, 5) is 11.5. The summed E-state index contributed by atoms with van der Waals surface area (Å²) in [6, 6.07) is 8.98. The lowest BCUT2D eigenvalue weighted by atomic mass is 10.3. The Morgan fingerprint density at radius 1 is 1.37 bits per heavy atom. The van der Waals surface area contributed by atoms with Crippen LogP contribution in [0.15, 0.2) is 36.5 Å². The van der Waals surface area contributed by atoms with Crippen LogP contribution in [0.3, 0.4) is 0 Å². The monoisotopic (exact) mass is 260 g/mol. The number of rotatable bonds is 6. The van der Waals surface area contributed by atoms with Gasteiger partial charge in [0, 0.05) is 12.5 Å². The second-order valence-corrected chi connectivity index (χ2v) is 4.01. The Bertz CT molecular complexity index is 525. The van der Waals surface area contributed by atoms with E-state index in [-0.39, 0.29) is 5.91 Å². The number of aromatic nitrogens is 2. The van der Waals surface area contributed by atoms with Crippen LogP contribution in [0.25, 0.3) is 0 Å². The highest BCUT2D eigenvalue weighted by Crippen LogP contribution is 2.19. The van der Waals surface area contributed by atoms with Gasteiger partial charge in [0.15, 0.2) is 0 Å². The number of hydrogen-bond donors (Lipinski definition) is 3. The number of benzene rings is 1. The number of nitrogens with two attached hydrogens (primary N) is 1. The van der Waals surface area contributed by atoms with Crippen molar-refractivity contribution in [3.8, 4) is 5.75 Å². The fraction of sp³-hybridized carbons (Fsp3) is 0.231. The highest BCUT2D eigenvalue weighted by atomic mass is 16.5. The minimum atomic E-state index is -0.0751. The van der Waals surface area contributed by atoms with Gasteiger partial charge >= 0.3 is 0 Å². The molecule has 1 aromatic carbocycles. The number of ether oxygens (including phenoxy) is 1. The van der Waals surface area contributed by atoms with Crippen molar-refractivity contribution >= 4 is 17.4 Å². The van der Waals surface area contributed by atoms with Crippen molar-refractivity contribution in [2.75, 3.05) is 17.7 Å². The molecule has 0 radical (unpaired) electrons. The number of nitrogens with one attached hydrogen (secondary N) is 2. The van der Waals surface area contributed by atoms with Crippen LogP contribution in [0.2, 0.25) is 0 Å². The van der Waals surface area contributed by atoms with Crippen LogP contribution in [-0.2, 0) is 4.79 Å². The van der Waals surface area contributed by atoms with Crippen LogP contribution >= 0.6 is 0 Å². The fourth-order valence-electron chi connectivity index (χ4n) is 1.57. The third-order valence-corrected chi connectivity index (χ3v) is 2.50. The lowest BCUT2D eigenvalue weighted by Crippen LogP contribution is -2.13. The highest BCUT2D eigenvalue weighted by molar-refractivity contribution is 5.89. The summed E-state index contributed by atoms with van der Waals surface area (Å²) in [5.74, 6) is 1.17. The van der Waals surface area contributed by atoms with Gasteiger partial charge in [0.05, 0.1) is 18.5 Å². The van der Waals surface area contributed by atoms with Crippen molar-refractivity contribution in [1.82, 2.24) is 10.2 Å². The van der Waals surface area contributed by atoms with Gasteiger partial charge in [-0.15, -0.1) is 0 Å². The van der Waals surface area contributed by atoms with E-state index in [4.69, 9.17) is 10.5 Å². The van der Waals surface area contributed by atoms with E-state index in [1.54, 1.807) is 24.4 Å². The number of amides is 1. The molecule has 2 rings (SSSR count). The molecular formula is C13H16N4O2. The topological polar surface area (TPSA) is 93.0 Å². The van der Waals surface area contributed by atoms with Gasteiger partial charge in [-0.2, -0.15) is 5.10 Å². The summed E-state index contributed by atoms with van der Waals surface area (Å²) in [5.41, 5.74) is 6.34. The fourth-order valence-corrected chi connectivity index (χ4v) is 1.57. The van der Waals surface area contributed by atoms with E-state index in [1.807, 2.05) is 12.1 Å². The van der Waals surface area contributed by atoms with Crippen LogP contribution in [0.4, 0.5) is 11.5 Å². The molecule has 100 valence electrons. The maximum Gasteiger partial charge on any atom is 0.225 e. The number of carbonyl (C=O) groups is 1. The molecule has 0 atom stereocenters. The number of anilines is 2. The first kappa shape index (κ1) is 12.9. The average Bonchev–Trinajstić information content (AvgIpc) is 2.89. The molecule has 1 aromatic heterocycles. The maximum absolute atomic E-state index is 11.5. The highest BCUT2D eigenvalue weighted by Gasteiger charge is 2.04. The van der Waals surface area contributed by atoms with Gasteiger partial charge in [-0.3, -0.25) is 9.89 Å². The summed E-state index contributed by atoms with van der Waals surface area (Å²) < 4.78 is 5.50. The number of para-hydroxylation sites is 2. The van der Waals surface area contributed by atoms with Gasteiger partial charge in [-0.25, -0.2) is 0 Å². The number of aromatic amines is 1. The largest absolute Gasteiger partial charge is 0.491 e. The molecule has 0 bridgehead atoms. The molecule has 0 aliphatic rings. The lowest BCUT2D eigenvalue weighted by Gasteiger charge is -2.08. The van der Waals surface area contributed by atoms with Crippen molar-refractivity contribution in [3.63, 3.8) is 0 Å². The summed E-state index contributed by atoms with van der Waals surface area (Å²) in [5, 5.41) is 9.10. The zero-order chi connectivity index (χ0) is 13.5. The minimum absolute atomic E-state index is 0.0751. The minimum Gasteiger partial charge on any atom is -0.491 e. The summed E-state index contributed by atoms with van der Waals surface area (Å²) in [6.45, 7) is 0.449. The second-order valence-electron chi connectivity index (χ2n) is 4.01. The van der Waals surface area contributed by atoms with Crippen molar-refractivity contribution < 1.29 is 9.53 Å². The Morgan fingerprint density at radius 2 is 2.21 bits per heavy atom. The molecule has 6 nitrogen and oxygen atoms in total. The average molecular weight is 260 g/mol. The zero-order valence-electron chi connectivity index (χ0n) is 10.4. The molecule has 19 heavy (non-hydrogen) atoms. The summed E-state index contributed by atoms with van der Waals surface area (Å²) in [7, 11) is 0. The molecule has 0 saturated heterocycles. The Kier molecular flexibility index (Phi) is 4.39. The smallest absolute Gasteiger partial charge is 0.225 e. The van der Waals surface area contributed by atoms with E-state index in [1.165, 1.54) is 0 Å². The quantitative estimate of drug-likeness (QED) is 0.545. The van der Waals surface area contributed by atoms with Gasteiger partial charge in [0.25, 0.3) is 0 Å². The van der Waals surface area contributed by atoms with Crippen molar-refractivity contribution in [3.05, 3.63) is 36.5 Å². The summed E-state index contributed by atoms with van der Waals surface area (Å²) in [6.07, 6.45) is 2.58. The Morgan fingerprint density at radius 3 is 2.95 bits per heavy atom. The van der Waals surface area contributed by atoms with E-state index in [9.17, 15) is 4.79 Å². The molecule has 6 heteroatoms. The Labute approximate surface area is 111 Å². The molecule has 2 aromatic rings. The van der Waals surface area contributed by atoms with Gasteiger partial charge in [0.2, 0.25) is 5.91 Å². The zero-order valence-corrected chi connectivity index (χ0v) is 10.4. The van der Waals surface area contributed by atoms with Gasteiger partial charge in [-0.05, 0) is 18.6 Å². The van der Waals surface area contributed by atoms with Crippen molar-refractivity contribution in [1.29, 1.82) is 0 Å². The van der Waals surface area contributed by atoms with Crippen molar-refractivity contribution in [2.24, 2.45) is 0 Å². The molecule has 0 unspecified atom stereocenters. The normalized spacial score (nSPS) is 10.1. The Hall–Kier alpha value is -2.50. The van der Waals surface area contributed by atoms with Gasteiger partial charge < -0.3 is 15.8 Å². The third-order valence-electron chi connectivity index (χ3n) is 2.50. The molecule has 0 aliphatic carbocycles. The predicted molar refractivity (Wildman–Crippen MR) is 72.8 cm³/mol. The Balaban J connectivity index is 1.67. The molecular weight excluding hydrogens is 244 g/mol. The third kappa shape index (κ3) is 4.02. The molecule has 0 spiro atoms. The number of nitrogen functional groups attached to an aromatic ring is 1. The lowest BCUT2D eigenvalue weighted by molar-refractivity contribution is -0.116. The van der Waals surface area contributed by atoms with Gasteiger partial charge in [0.1, 0.15) is 11.6 Å². The first-order valence-electron chi connectivity index (χ1n) is 6.02. The van der Waals surface area contributed by atoms with Crippen LogP contribution in [0, 0.1) is 0 Å². The summed E-state index contributed by atoms with van der Waals surface area (Å²) >= 11 is 0. The molecule has 1 heterocycles. The van der Waals surface area contributed by atoms with Crippen LogP contribution < -0.4 is 15.8 Å². The molecule has 4 N–H and O–H groups in total. The molecule has 0 fully saturated rings. The van der Waals surface area contributed by atoms with Crippen molar-refractivity contribution in [2.45, 2.75) is 12.8 Å². The first-order valence-corrected chi connectivity index (χ1v) is 6.02. The van der Waals surface area contributed by atoms with E-state index >= 15 is 0 Å². The number of carbonyl (C=O) groups excluding carboxylic acids is 1. The number of hydrogen-bond acceptors (Lipinski definition) is 4. The van der Waals surface area contributed by atoms with E-state index in [2.05, 4.69) is 15.5 Å². The van der Waals surface area contributed by atoms with Gasteiger partial charge in [-0.1, -0.05) is 12.1 Å². The standard InChI is InChI=1S/C13H16N4O2/c14-10-4-1-2-5-11(10)19-9-3-6-13(18)16-12-7-8-15-17-12/h1-2,4-5,7-8H,3,6,9,14H2,(H2,15,16,17,18). The molecule has 1 amide bonds. The molecule has 0 aliphatic heterocycles. The molecule has 0 saturated carbocycles.